The molecule has 25 heavy (non-hydrogen) atoms. The fraction of sp³-hybridized carbons (Fsp3) is 0.353. The summed E-state index contributed by atoms with van der Waals surface area (Å²) >= 11 is 0. The molecule has 2 aromatic heterocycles. The van der Waals surface area contributed by atoms with Crippen LogP contribution in [0.4, 0.5) is 0 Å². The molecular formula is C17H19N5O3. The Morgan fingerprint density at radius 3 is 2.92 bits per heavy atom. The van der Waals surface area contributed by atoms with Gasteiger partial charge in [0.05, 0.1) is 18.3 Å². The number of H-pyrrole nitrogens is 1. The molecule has 0 spiro atoms. The van der Waals surface area contributed by atoms with E-state index in [1.165, 1.54) is 19.1 Å². The number of likely N-dealkylation sites (tertiary alicyclic amines) is 1. The maximum atomic E-state index is 12.7. The second kappa shape index (κ2) is 7.25. The number of aromatic nitrogens is 3. The van der Waals surface area contributed by atoms with Crippen molar-refractivity contribution in [3.8, 4) is 0 Å². The van der Waals surface area contributed by atoms with Crippen LogP contribution in [-0.4, -0.2) is 38.4 Å². The molecule has 0 radical (unpaired) electrons. The number of hydrogen-bond acceptors (Lipinski definition) is 5. The third kappa shape index (κ3) is 3.90. The molecule has 0 aliphatic carbocycles. The van der Waals surface area contributed by atoms with Crippen LogP contribution in [0.25, 0.3) is 0 Å². The number of nitrogens with zero attached hydrogens (tertiary/aromatic N) is 3. The van der Waals surface area contributed by atoms with E-state index in [1.54, 1.807) is 11.1 Å². The zero-order valence-electron chi connectivity index (χ0n) is 13.9. The lowest BCUT2D eigenvalue weighted by Gasteiger charge is -2.25. The highest BCUT2D eigenvalue weighted by molar-refractivity contribution is 5.92. The number of carbonyl (C=O) groups is 2. The Morgan fingerprint density at radius 1 is 1.36 bits per heavy atom. The van der Waals surface area contributed by atoms with E-state index in [4.69, 9.17) is 0 Å². The van der Waals surface area contributed by atoms with E-state index in [1.807, 2.05) is 12.1 Å². The number of amides is 2. The summed E-state index contributed by atoms with van der Waals surface area (Å²) in [6, 6.07) is 6.45. The van der Waals surface area contributed by atoms with Gasteiger partial charge in [-0.05, 0) is 36.6 Å². The van der Waals surface area contributed by atoms with E-state index < -0.39 is 0 Å². The molecule has 0 unspecified atom stereocenters. The quantitative estimate of drug-likeness (QED) is 0.854. The third-order valence-corrected chi connectivity index (χ3v) is 4.16. The summed E-state index contributed by atoms with van der Waals surface area (Å²) in [5.41, 5.74) is 1.60. The molecule has 8 heteroatoms. The minimum atomic E-state index is -0.341. The largest absolute Gasteiger partial charge is 0.351 e. The van der Waals surface area contributed by atoms with Gasteiger partial charge in [0.15, 0.2) is 0 Å². The first-order chi connectivity index (χ1) is 12.0. The number of rotatable bonds is 4. The summed E-state index contributed by atoms with van der Waals surface area (Å²) in [6.07, 6.45) is 3.42. The fourth-order valence-electron chi connectivity index (χ4n) is 2.98. The first-order valence-corrected chi connectivity index (χ1v) is 8.10. The Balaban J connectivity index is 1.80. The number of nitrogens with one attached hydrogen (secondary N) is 2. The lowest BCUT2D eigenvalue weighted by Crippen LogP contribution is -2.32. The van der Waals surface area contributed by atoms with Crippen molar-refractivity contribution in [1.82, 2.24) is 25.4 Å². The van der Waals surface area contributed by atoms with Crippen molar-refractivity contribution in [2.75, 3.05) is 6.54 Å². The van der Waals surface area contributed by atoms with Crippen molar-refractivity contribution in [3.05, 3.63) is 57.8 Å². The number of aromatic amines is 1. The van der Waals surface area contributed by atoms with Gasteiger partial charge in [-0.3, -0.25) is 19.4 Å². The normalized spacial score (nSPS) is 16.7. The van der Waals surface area contributed by atoms with Crippen LogP contribution in [0, 0.1) is 0 Å². The highest BCUT2D eigenvalue weighted by Gasteiger charge is 2.31. The van der Waals surface area contributed by atoms with Gasteiger partial charge in [0.2, 0.25) is 5.91 Å². The average Bonchev–Trinajstić information content (AvgIpc) is 3.10. The summed E-state index contributed by atoms with van der Waals surface area (Å²) in [5, 5.41) is 8.84. The molecule has 3 heterocycles. The van der Waals surface area contributed by atoms with Crippen LogP contribution >= 0.6 is 0 Å². The molecular weight excluding hydrogens is 322 g/mol. The minimum absolute atomic E-state index is 0.0692. The zero-order chi connectivity index (χ0) is 17.8. The van der Waals surface area contributed by atoms with Gasteiger partial charge in [0, 0.05) is 25.7 Å². The molecule has 8 nitrogen and oxygen atoms in total. The summed E-state index contributed by atoms with van der Waals surface area (Å²) in [7, 11) is 0. The van der Waals surface area contributed by atoms with Crippen LogP contribution in [0.3, 0.4) is 0 Å². The second-order valence-electron chi connectivity index (χ2n) is 5.95. The molecule has 1 aliphatic rings. The monoisotopic (exact) mass is 341 g/mol. The van der Waals surface area contributed by atoms with E-state index in [0.717, 1.165) is 24.1 Å². The van der Waals surface area contributed by atoms with E-state index in [9.17, 15) is 14.4 Å². The smallest absolute Gasteiger partial charge is 0.274 e. The van der Waals surface area contributed by atoms with Crippen LogP contribution < -0.4 is 10.9 Å². The Kier molecular flexibility index (Phi) is 4.87. The average molecular weight is 341 g/mol. The van der Waals surface area contributed by atoms with E-state index in [-0.39, 0.29) is 29.1 Å². The van der Waals surface area contributed by atoms with Crippen molar-refractivity contribution < 1.29 is 9.59 Å². The predicted octanol–water partition coefficient (Wildman–Crippen LogP) is 0.778. The summed E-state index contributed by atoms with van der Waals surface area (Å²) < 4.78 is 0. The number of pyridine rings is 1. The van der Waals surface area contributed by atoms with Crippen LogP contribution in [-0.2, 0) is 11.3 Å². The molecule has 130 valence electrons. The van der Waals surface area contributed by atoms with Crippen molar-refractivity contribution in [2.45, 2.75) is 32.4 Å². The first-order valence-electron chi connectivity index (χ1n) is 8.10. The molecule has 3 rings (SSSR count). The van der Waals surface area contributed by atoms with Crippen LogP contribution in [0.2, 0.25) is 0 Å². The fourth-order valence-corrected chi connectivity index (χ4v) is 2.98. The lowest BCUT2D eigenvalue weighted by atomic mass is 10.0. The Hall–Kier alpha value is -3.03. The van der Waals surface area contributed by atoms with Gasteiger partial charge in [-0.15, -0.1) is 0 Å². The van der Waals surface area contributed by atoms with Crippen LogP contribution in [0.15, 0.2) is 35.3 Å². The molecule has 2 amide bonds. The van der Waals surface area contributed by atoms with Crippen molar-refractivity contribution >= 4 is 11.8 Å². The van der Waals surface area contributed by atoms with Gasteiger partial charge < -0.3 is 10.2 Å². The van der Waals surface area contributed by atoms with E-state index in [2.05, 4.69) is 20.5 Å². The van der Waals surface area contributed by atoms with E-state index >= 15 is 0 Å². The highest BCUT2D eigenvalue weighted by Crippen LogP contribution is 2.32. The zero-order valence-corrected chi connectivity index (χ0v) is 13.9. The second-order valence-corrected chi connectivity index (χ2v) is 5.95. The number of carbonyl (C=O) groups excluding carboxylic acids is 2. The van der Waals surface area contributed by atoms with Gasteiger partial charge in [-0.1, -0.05) is 0 Å². The predicted molar refractivity (Wildman–Crippen MR) is 89.6 cm³/mol. The van der Waals surface area contributed by atoms with Gasteiger partial charge in [-0.2, -0.15) is 5.10 Å². The minimum Gasteiger partial charge on any atom is -0.351 e. The maximum absolute atomic E-state index is 12.7. The SMILES string of the molecule is CC(=O)NCc1cc([C@@H]2CCCN2C(=O)c2ccc(=O)[nH]n2)ccn1. The van der Waals surface area contributed by atoms with Gasteiger partial charge in [0.1, 0.15) is 5.69 Å². The molecule has 1 fully saturated rings. The van der Waals surface area contributed by atoms with Gasteiger partial charge in [-0.25, -0.2) is 5.10 Å². The first kappa shape index (κ1) is 16.8. The molecule has 0 bridgehead atoms. The van der Waals surface area contributed by atoms with Crippen LogP contribution in [0.1, 0.15) is 47.6 Å². The standard InChI is InChI=1S/C17H19N5O3/c1-11(23)19-10-13-9-12(6-7-18-13)15-3-2-8-22(15)17(25)14-4-5-16(24)21-20-14/h4-7,9,15H,2-3,8,10H2,1H3,(H,19,23)(H,21,24)/t15-/m0/s1. The molecule has 2 aromatic rings. The molecule has 0 saturated carbocycles. The van der Waals surface area contributed by atoms with Gasteiger partial charge >= 0.3 is 0 Å². The topological polar surface area (TPSA) is 108 Å². The van der Waals surface area contributed by atoms with Crippen molar-refractivity contribution in [1.29, 1.82) is 0 Å². The summed E-state index contributed by atoms with van der Waals surface area (Å²) in [4.78, 5) is 40.9. The van der Waals surface area contributed by atoms with Crippen molar-refractivity contribution in [2.24, 2.45) is 0 Å². The molecule has 1 atom stereocenters. The Labute approximate surface area is 144 Å². The summed E-state index contributed by atoms with van der Waals surface area (Å²) in [6.45, 7) is 2.44. The van der Waals surface area contributed by atoms with Crippen LogP contribution in [0.5, 0.6) is 0 Å². The molecule has 2 N–H and O–H groups in total. The lowest BCUT2D eigenvalue weighted by molar-refractivity contribution is -0.119. The Morgan fingerprint density at radius 2 is 2.20 bits per heavy atom. The third-order valence-electron chi connectivity index (χ3n) is 4.16. The summed E-state index contributed by atoms with van der Waals surface area (Å²) in [5.74, 6) is -0.326. The molecule has 1 aliphatic heterocycles. The van der Waals surface area contributed by atoms with Gasteiger partial charge in [0.25, 0.3) is 11.5 Å². The highest BCUT2D eigenvalue weighted by atomic mass is 16.2. The number of hydrogen-bond donors (Lipinski definition) is 2. The van der Waals surface area contributed by atoms with Crippen molar-refractivity contribution in [3.63, 3.8) is 0 Å². The maximum Gasteiger partial charge on any atom is 0.274 e. The molecule has 1 saturated heterocycles. The van der Waals surface area contributed by atoms with E-state index in [0.29, 0.717) is 13.1 Å². The Bertz CT molecular complexity index is 828. The molecule has 0 aromatic carbocycles.